The number of rotatable bonds is 9. The SMILES string of the molecule is CCCC[C@@H](CC)NC(O)OCc1ccccc1. The largest absolute Gasteiger partial charge is 0.356 e. The predicted molar refractivity (Wildman–Crippen MR) is 74.0 cm³/mol. The molecule has 1 rings (SSSR count). The third-order valence-corrected chi connectivity index (χ3v) is 3.03. The van der Waals surface area contributed by atoms with Gasteiger partial charge in [-0.25, -0.2) is 0 Å². The van der Waals surface area contributed by atoms with Gasteiger partial charge in [-0.1, -0.05) is 57.0 Å². The van der Waals surface area contributed by atoms with Crippen LogP contribution in [0.3, 0.4) is 0 Å². The van der Waals surface area contributed by atoms with Crippen molar-refractivity contribution in [1.82, 2.24) is 5.32 Å². The number of ether oxygens (including phenoxy) is 1. The van der Waals surface area contributed by atoms with Gasteiger partial charge in [-0.15, -0.1) is 0 Å². The molecule has 0 heterocycles. The Morgan fingerprint density at radius 1 is 1.22 bits per heavy atom. The van der Waals surface area contributed by atoms with E-state index in [1.54, 1.807) is 0 Å². The summed E-state index contributed by atoms with van der Waals surface area (Å²) in [6, 6.07) is 10.2. The van der Waals surface area contributed by atoms with E-state index in [-0.39, 0.29) is 0 Å². The van der Waals surface area contributed by atoms with E-state index >= 15 is 0 Å². The Morgan fingerprint density at radius 2 is 1.94 bits per heavy atom. The van der Waals surface area contributed by atoms with Crippen LogP contribution in [0.1, 0.15) is 45.1 Å². The first-order valence-corrected chi connectivity index (χ1v) is 6.85. The predicted octanol–water partition coefficient (Wildman–Crippen LogP) is 3.04. The zero-order chi connectivity index (χ0) is 13.2. The minimum Gasteiger partial charge on any atom is -0.356 e. The lowest BCUT2D eigenvalue weighted by molar-refractivity contribution is -0.134. The molecule has 0 aliphatic rings. The van der Waals surface area contributed by atoms with Crippen LogP contribution in [0.2, 0.25) is 0 Å². The lowest BCUT2D eigenvalue weighted by Gasteiger charge is -2.21. The zero-order valence-corrected chi connectivity index (χ0v) is 11.4. The molecule has 0 aliphatic heterocycles. The number of nitrogens with one attached hydrogen (secondary N) is 1. The van der Waals surface area contributed by atoms with Crippen molar-refractivity contribution in [3.8, 4) is 0 Å². The molecular formula is C15H25NO2. The second-order valence-corrected chi connectivity index (χ2v) is 4.56. The highest BCUT2D eigenvalue weighted by molar-refractivity contribution is 5.13. The molecule has 0 aromatic heterocycles. The van der Waals surface area contributed by atoms with Crippen LogP contribution >= 0.6 is 0 Å². The van der Waals surface area contributed by atoms with Gasteiger partial charge in [0.05, 0.1) is 6.61 Å². The fourth-order valence-electron chi connectivity index (χ4n) is 1.85. The minimum absolute atomic E-state index is 0.329. The first-order chi connectivity index (χ1) is 8.76. The maximum atomic E-state index is 9.78. The molecule has 3 nitrogen and oxygen atoms in total. The molecule has 2 atom stereocenters. The van der Waals surface area contributed by atoms with Crippen LogP contribution in [0, 0.1) is 0 Å². The molecule has 0 amide bonds. The Morgan fingerprint density at radius 3 is 2.56 bits per heavy atom. The molecule has 3 heteroatoms. The Bertz CT molecular complexity index is 303. The summed E-state index contributed by atoms with van der Waals surface area (Å²) in [7, 11) is 0. The van der Waals surface area contributed by atoms with Crippen LogP contribution in [0.5, 0.6) is 0 Å². The summed E-state index contributed by atoms with van der Waals surface area (Å²) >= 11 is 0. The van der Waals surface area contributed by atoms with Gasteiger partial charge in [0.25, 0.3) is 0 Å². The number of hydrogen-bond donors (Lipinski definition) is 2. The van der Waals surface area contributed by atoms with Crippen molar-refractivity contribution < 1.29 is 9.84 Å². The molecule has 0 saturated carbocycles. The average Bonchev–Trinajstić information content (AvgIpc) is 2.42. The number of aliphatic hydroxyl groups is 1. The standard InChI is InChI=1S/C15H25NO2/c1-3-5-11-14(4-2)16-15(17)18-12-13-9-7-6-8-10-13/h6-10,14-17H,3-5,11-12H2,1-2H3/t14-,15?/m1/s1. The quantitative estimate of drug-likeness (QED) is 0.663. The fourth-order valence-corrected chi connectivity index (χ4v) is 1.85. The molecule has 0 fully saturated rings. The number of unbranched alkanes of at least 4 members (excludes halogenated alkanes) is 1. The van der Waals surface area contributed by atoms with Crippen LogP contribution in [0.25, 0.3) is 0 Å². The summed E-state index contributed by atoms with van der Waals surface area (Å²) in [5.41, 5.74) is 1.07. The zero-order valence-electron chi connectivity index (χ0n) is 11.4. The smallest absolute Gasteiger partial charge is 0.214 e. The van der Waals surface area contributed by atoms with Crippen molar-refractivity contribution in [3.63, 3.8) is 0 Å². The maximum absolute atomic E-state index is 9.78. The number of benzene rings is 1. The Hall–Kier alpha value is -0.900. The van der Waals surface area contributed by atoms with Crippen molar-refractivity contribution in [1.29, 1.82) is 0 Å². The summed E-state index contributed by atoms with van der Waals surface area (Å²) in [4.78, 5) is 0. The molecule has 1 aromatic rings. The van der Waals surface area contributed by atoms with Crippen molar-refractivity contribution in [2.45, 2.75) is 58.6 Å². The van der Waals surface area contributed by atoms with Gasteiger partial charge in [-0.2, -0.15) is 0 Å². The molecule has 0 saturated heterocycles. The van der Waals surface area contributed by atoms with E-state index in [1.165, 1.54) is 12.8 Å². The summed E-state index contributed by atoms with van der Waals surface area (Å²) in [5, 5.41) is 12.9. The molecule has 0 radical (unpaired) electrons. The number of hydrogen-bond acceptors (Lipinski definition) is 3. The first kappa shape index (κ1) is 15.2. The van der Waals surface area contributed by atoms with Crippen LogP contribution in [0.15, 0.2) is 30.3 Å². The fraction of sp³-hybridized carbons (Fsp3) is 0.600. The average molecular weight is 251 g/mol. The van der Waals surface area contributed by atoms with Gasteiger partial charge >= 0.3 is 0 Å². The van der Waals surface area contributed by atoms with Gasteiger partial charge in [0.2, 0.25) is 6.41 Å². The van der Waals surface area contributed by atoms with Crippen molar-refractivity contribution in [3.05, 3.63) is 35.9 Å². The maximum Gasteiger partial charge on any atom is 0.214 e. The monoisotopic (exact) mass is 251 g/mol. The molecular weight excluding hydrogens is 226 g/mol. The van der Waals surface area contributed by atoms with E-state index in [1.807, 2.05) is 30.3 Å². The van der Waals surface area contributed by atoms with Gasteiger partial charge in [-0.05, 0) is 18.4 Å². The van der Waals surface area contributed by atoms with Crippen LogP contribution in [-0.4, -0.2) is 17.6 Å². The third-order valence-electron chi connectivity index (χ3n) is 3.03. The Balaban J connectivity index is 2.25. The second kappa shape index (κ2) is 9.09. The summed E-state index contributed by atoms with van der Waals surface area (Å²) in [5.74, 6) is 0. The van der Waals surface area contributed by atoms with Crippen LogP contribution in [0.4, 0.5) is 0 Å². The molecule has 2 N–H and O–H groups in total. The minimum atomic E-state index is -0.882. The van der Waals surface area contributed by atoms with E-state index in [4.69, 9.17) is 4.74 Å². The van der Waals surface area contributed by atoms with Crippen molar-refractivity contribution in [2.75, 3.05) is 0 Å². The molecule has 1 unspecified atom stereocenters. The second-order valence-electron chi connectivity index (χ2n) is 4.56. The molecule has 0 spiro atoms. The lowest BCUT2D eigenvalue weighted by Crippen LogP contribution is -2.39. The topological polar surface area (TPSA) is 41.5 Å². The Kier molecular flexibility index (Phi) is 7.65. The molecule has 0 aliphatic carbocycles. The van der Waals surface area contributed by atoms with Crippen LogP contribution < -0.4 is 5.32 Å². The van der Waals surface area contributed by atoms with E-state index in [0.29, 0.717) is 12.6 Å². The van der Waals surface area contributed by atoms with Gasteiger partial charge < -0.3 is 9.84 Å². The molecule has 102 valence electrons. The van der Waals surface area contributed by atoms with Crippen molar-refractivity contribution >= 4 is 0 Å². The van der Waals surface area contributed by atoms with E-state index in [2.05, 4.69) is 19.2 Å². The Labute approximate surface area is 110 Å². The lowest BCUT2D eigenvalue weighted by atomic mass is 10.1. The van der Waals surface area contributed by atoms with E-state index in [9.17, 15) is 5.11 Å². The van der Waals surface area contributed by atoms with Gasteiger partial charge in [0, 0.05) is 6.04 Å². The molecule has 18 heavy (non-hydrogen) atoms. The van der Waals surface area contributed by atoms with Crippen LogP contribution in [-0.2, 0) is 11.3 Å². The summed E-state index contributed by atoms with van der Waals surface area (Å²) < 4.78 is 5.38. The third kappa shape index (κ3) is 6.15. The van der Waals surface area contributed by atoms with E-state index in [0.717, 1.165) is 18.4 Å². The summed E-state index contributed by atoms with van der Waals surface area (Å²) in [6.45, 7) is 4.73. The van der Waals surface area contributed by atoms with Crippen molar-refractivity contribution in [2.24, 2.45) is 0 Å². The molecule has 1 aromatic carbocycles. The first-order valence-electron chi connectivity index (χ1n) is 6.85. The highest BCUT2D eigenvalue weighted by Crippen LogP contribution is 2.06. The summed E-state index contributed by atoms with van der Waals surface area (Å²) in [6.07, 6.45) is 3.56. The number of aliphatic hydroxyl groups excluding tert-OH is 1. The molecule has 0 bridgehead atoms. The highest BCUT2D eigenvalue weighted by atomic mass is 16.6. The van der Waals surface area contributed by atoms with Gasteiger partial charge in [0.15, 0.2) is 0 Å². The normalized spacial score (nSPS) is 14.4. The van der Waals surface area contributed by atoms with Gasteiger partial charge in [0.1, 0.15) is 0 Å². The van der Waals surface area contributed by atoms with Gasteiger partial charge in [-0.3, -0.25) is 5.32 Å². The van der Waals surface area contributed by atoms with E-state index < -0.39 is 6.41 Å². The highest BCUT2D eigenvalue weighted by Gasteiger charge is 2.11.